The number of allylic oxidation sites excluding steroid dienone is 20. The van der Waals surface area contributed by atoms with Crippen LogP contribution in [0.5, 0.6) is 0 Å². The van der Waals surface area contributed by atoms with Crippen LogP contribution in [0.1, 0.15) is 181 Å². The van der Waals surface area contributed by atoms with Crippen molar-refractivity contribution in [1.29, 1.82) is 0 Å². The van der Waals surface area contributed by atoms with Crippen LogP contribution >= 0.6 is 0 Å². The molecule has 67 heavy (non-hydrogen) atoms. The van der Waals surface area contributed by atoms with Gasteiger partial charge in [0.15, 0.2) is 6.10 Å². The van der Waals surface area contributed by atoms with Crippen LogP contribution in [-0.2, 0) is 28.6 Å². The number of likely N-dealkylation sites (N-methyl/N-ethyl adjacent to an activating group) is 1. The molecule has 0 aromatic rings. The summed E-state index contributed by atoms with van der Waals surface area (Å²) in [6.07, 6.45) is 68.0. The Morgan fingerprint density at radius 2 is 0.791 bits per heavy atom. The molecule has 0 aromatic carbocycles. The lowest BCUT2D eigenvalue weighted by Crippen LogP contribution is -2.55. The zero-order chi connectivity index (χ0) is 49.2. The van der Waals surface area contributed by atoms with E-state index in [0.29, 0.717) is 12.8 Å². The number of hydrogen-bond donors (Lipinski definition) is 0. The number of carboxylic acid groups (broad SMARTS) is 1. The highest BCUT2D eigenvalue weighted by atomic mass is 16.6. The van der Waals surface area contributed by atoms with Gasteiger partial charge in [0, 0.05) is 19.3 Å². The molecule has 2 unspecified atom stereocenters. The Morgan fingerprint density at radius 3 is 1.19 bits per heavy atom. The van der Waals surface area contributed by atoms with Gasteiger partial charge in [-0.3, -0.25) is 9.59 Å². The van der Waals surface area contributed by atoms with Crippen molar-refractivity contribution in [2.45, 2.75) is 193 Å². The number of quaternary nitrogens is 1. The quantitative estimate of drug-likeness (QED) is 0.0259. The lowest BCUT2D eigenvalue weighted by atomic mass is 10.1. The number of unbranched alkanes of at least 4 members (excludes halogenated alkanes) is 11. The SMILES string of the molecule is CC/C=C/C/C=C/C/C=C/C/C=C/C/C=C/C/C=C/CCCCC(=O)OC(COCCC(C(=O)[O-])[N+](C)(C)C)COC(=O)CCCCCCCCCCC/C=C/C/C=C/C/C=C/C/C=C/CC. The van der Waals surface area contributed by atoms with E-state index in [-0.39, 0.29) is 49.1 Å². The van der Waals surface area contributed by atoms with E-state index >= 15 is 0 Å². The van der Waals surface area contributed by atoms with Crippen LogP contribution in [0.15, 0.2) is 122 Å². The van der Waals surface area contributed by atoms with Gasteiger partial charge in [-0.1, -0.05) is 180 Å². The molecule has 8 heteroatoms. The highest BCUT2D eigenvalue weighted by Gasteiger charge is 2.25. The third kappa shape index (κ3) is 46.6. The number of hydrogen-bond acceptors (Lipinski definition) is 7. The average Bonchev–Trinajstić information content (AvgIpc) is 3.29. The summed E-state index contributed by atoms with van der Waals surface area (Å²) in [6, 6.07) is -0.743. The second kappa shape index (κ2) is 48.2. The minimum atomic E-state index is -1.14. The molecule has 0 radical (unpaired) electrons. The molecular formula is C59H95NO7. The number of carbonyl (C=O) groups is 3. The highest BCUT2D eigenvalue weighted by molar-refractivity contribution is 5.70. The van der Waals surface area contributed by atoms with Gasteiger partial charge in [-0.2, -0.15) is 0 Å². The van der Waals surface area contributed by atoms with Crippen LogP contribution in [0.4, 0.5) is 0 Å². The maximum atomic E-state index is 12.8. The summed E-state index contributed by atoms with van der Waals surface area (Å²) in [5.41, 5.74) is 0. The topological polar surface area (TPSA) is 102 Å². The molecule has 0 aromatic heterocycles. The summed E-state index contributed by atoms with van der Waals surface area (Å²) in [7, 11) is 5.39. The van der Waals surface area contributed by atoms with Gasteiger partial charge < -0.3 is 28.6 Å². The molecule has 2 atom stereocenters. The second-order valence-electron chi connectivity index (χ2n) is 18.0. The van der Waals surface area contributed by atoms with E-state index in [1.54, 1.807) is 21.1 Å². The van der Waals surface area contributed by atoms with Gasteiger partial charge >= 0.3 is 11.9 Å². The molecule has 0 aliphatic heterocycles. The summed E-state index contributed by atoms with van der Waals surface area (Å²) in [5.74, 6) is -1.81. The van der Waals surface area contributed by atoms with E-state index in [0.717, 1.165) is 103 Å². The minimum absolute atomic E-state index is 0.0128. The molecule has 0 aliphatic carbocycles. The molecule has 378 valence electrons. The molecule has 0 aliphatic rings. The van der Waals surface area contributed by atoms with Crippen molar-refractivity contribution >= 4 is 17.9 Å². The van der Waals surface area contributed by atoms with Crippen molar-refractivity contribution < 1.29 is 38.2 Å². The first kappa shape index (κ1) is 62.7. The van der Waals surface area contributed by atoms with Gasteiger partial charge in [-0.15, -0.1) is 0 Å². The fourth-order valence-corrected chi connectivity index (χ4v) is 6.89. The molecule has 0 heterocycles. The molecule has 0 rings (SSSR count). The lowest BCUT2D eigenvalue weighted by molar-refractivity contribution is -0.889. The zero-order valence-electron chi connectivity index (χ0n) is 43.0. The predicted octanol–water partition coefficient (Wildman–Crippen LogP) is 14.0. The van der Waals surface area contributed by atoms with E-state index in [9.17, 15) is 19.5 Å². The van der Waals surface area contributed by atoms with Crippen LogP contribution in [0.3, 0.4) is 0 Å². The van der Waals surface area contributed by atoms with E-state index in [2.05, 4.69) is 135 Å². The van der Waals surface area contributed by atoms with E-state index in [1.165, 1.54) is 38.5 Å². The first-order chi connectivity index (χ1) is 32.6. The van der Waals surface area contributed by atoms with Crippen LogP contribution in [0, 0.1) is 0 Å². The van der Waals surface area contributed by atoms with Crippen molar-refractivity contribution in [3.63, 3.8) is 0 Å². The largest absolute Gasteiger partial charge is 0.544 e. The fraction of sp³-hybridized carbons (Fsp3) is 0.610. The van der Waals surface area contributed by atoms with Crippen molar-refractivity contribution in [1.82, 2.24) is 0 Å². The van der Waals surface area contributed by atoms with Gasteiger partial charge in [0.2, 0.25) is 0 Å². The molecule has 0 saturated heterocycles. The number of carbonyl (C=O) groups excluding carboxylic acids is 3. The summed E-state index contributed by atoms with van der Waals surface area (Å²) in [6.45, 7) is 4.37. The smallest absolute Gasteiger partial charge is 0.306 e. The Kier molecular flexibility index (Phi) is 45.1. The summed E-state index contributed by atoms with van der Waals surface area (Å²) in [5, 5.41) is 11.7. The maximum Gasteiger partial charge on any atom is 0.306 e. The Bertz CT molecular complexity index is 1500. The summed E-state index contributed by atoms with van der Waals surface area (Å²) < 4.78 is 17.2. The van der Waals surface area contributed by atoms with Gasteiger partial charge in [0.1, 0.15) is 12.6 Å². The van der Waals surface area contributed by atoms with Gasteiger partial charge in [-0.05, 0) is 103 Å². The fourth-order valence-electron chi connectivity index (χ4n) is 6.89. The van der Waals surface area contributed by atoms with Crippen molar-refractivity contribution in [3.05, 3.63) is 122 Å². The third-order valence-corrected chi connectivity index (χ3v) is 10.8. The molecular weight excluding hydrogens is 835 g/mol. The zero-order valence-corrected chi connectivity index (χ0v) is 43.0. The number of esters is 2. The Labute approximate surface area is 410 Å². The highest BCUT2D eigenvalue weighted by Crippen LogP contribution is 2.13. The molecule has 0 saturated carbocycles. The van der Waals surface area contributed by atoms with Crippen LogP contribution < -0.4 is 5.11 Å². The summed E-state index contributed by atoms with van der Waals surface area (Å²) >= 11 is 0. The first-order valence-electron chi connectivity index (χ1n) is 26.1. The third-order valence-electron chi connectivity index (χ3n) is 10.8. The minimum Gasteiger partial charge on any atom is -0.544 e. The van der Waals surface area contributed by atoms with Crippen molar-refractivity contribution in [2.24, 2.45) is 0 Å². The number of nitrogens with zero attached hydrogens (tertiary/aromatic N) is 1. The molecule has 8 nitrogen and oxygen atoms in total. The van der Waals surface area contributed by atoms with E-state index in [4.69, 9.17) is 14.2 Å². The number of carboxylic acids is 1. The van der Waals surface area contributed by atoms with Gasteiger partial charge in [-0.25, -0.2) is 0 Å². The Balaban J connectivity index is 4.36. The van der Waals surface area contributed by atoms with E-state index < -0.39 is 18.1 Å². The standard InChI is InChI=1S/C59H95NO7/c1-6-8-10-12-14-16-18-20-22-24-26-28-30-31-33-35-37-39-41-43-45-47-49-57(61)66-54-55(53-65-52-51-56(59(63)64)60(3,4)5)67-58(62)50-48-46-44-42-40-38-36-34-32-29-27-25-23-21-19-17-15-13-11-9-7-2/h8-11,14-17,20-23,26-29,34,36,40,42,55-56H,6-7,12-13,18-19,24-25,30-33,35,37-39,41,43-54H2,1-5H3/b10-8+,11-9+,16-14+,17-15+,22-20+,23-21+,28-26+,29-27+,36-34+,42-40+. The maximum absolute atomic E-state index is 12.8. The normalized spacial score (nSPS) is 13.9. The van der Waals surface area contributed by atoms with Crippen molar-refractivity contribution in [2.75, 3.05) is 41.0 Å². The average molecular weight is 930 g/mol. The monoisotopic (exact) mass is 930 g/mol. The molecule has 0 N–H and O–H groups in total. The summed E-state index contributed by atoms with van der Waals surface area (Å²) in [4.78, 5) is 37.1. The number of aliphatic carboxylic acids is 1. The number of ether oxygens (including phenoxy) is 3. The molecule has 0 spiro atoms. The Hall–Kier alpha value is -4.27. The number of rotatable bonds is 45. The molecule has 0 fully saturated rings. The molecule has 0 bridgehead atoms. The Morgan fingerprint density at radius 1 is 0.448 bits per heavy atom. The van der Waals surface area contributed by atoms with Crippen LogP contribution in [0.2, 0.25) is 0 Å². The molecule has 0 amide bonds. The van der Waals surface area contributed by atoms with Gasteiger partial charge in [0.25, 0.3) is 0 Å². The van der Waals surface area contributed by atoms with Crippen LogP contribution in [-0.4, -0.2) is 75.5 Å². The first-order valence-corrected chi connectivity index (χ1v) is 26.1. The lowest BCUT2D eigenvalue weighted by Gasteiger charge is -2.34. The van der Waals surface area contributed by atoms with Crippen LogP contribution in [0.25, 0.3) is 0 Å². The van der Waals surface area contributed by atoms with Gasteiger partial charge in [0.05, 0.1) is 40.3 Å². The second-order valence-corrected chi connectivity index (χ2v) is 18.0. The predicted molar refractivity (Wildman–Crippen MR) is 281 cm³/mol. The van der Waals surface area contributed by atoms with Crippen molar-refractivity contribution in [3.8, 4) is 0 Å². The van der Waals surface area contributed by atoms with E-state index in [1.807, 2.05) is 0 Å².